The zero-order valence-corrected chi connectivity index (χ0v) is 40.5. The van der Waals surface area contributed by atoms with Gasteiger partial charge in [-0.3, -0.25) is 29.2 Å². The van der Waals surface area contributed by atoms with E-state index in [1.54, 1.807) is 16.8 Å². The van der Waals surface area contributed by atoms with Gasteiger partial charge in [-0.15, -0.1) is 11.3 Å². The predicted molar refractivity (Wildman–Crippen MR) is 254 cm³/mol. The molecular formula is C49H66N10O6S. The molecule has 6 bridgehead atoms. The molecule has 7 heterocycles. The Kier molecular flexibility index (Phi) is 13.9. The topological polar surface area (TPSA) is 184 Å². The lowest BCUT2D eigenvalue weighted by molar-refractivity contribution is -0.155. The number of fused-ring (bicyclic) bond motifs is 6. The molecule has 66 heavy (non-hydrogen) atoms. The molecule has 4 atom stereocenters. The quantitative estimate of drug-likeness (QED) is 0.157. The summed E-state index contributed by atoms with van der Waals surface area (Å²) in [7, 11) is 1.62. The van der Waals surface area contributed by atoms with Crippen molar-refractivity contribution in [3.05, 3.63) is 58.2 Å². The number of urea groups is 1. The Labute approximate surface area is 391 Å². The van der Waals surface area contributed by atoms with Crippen LogP contribution < -0.4 is 16.1 Å². The maximum Gasteiger partial charge on any atom is 0.324 e. The van der Waals surface area contributed by atoms with Crippen molar-refractivity contribution in [3.8, 4) is 22.5 Å². The smallest absolute Gasteiger partial charge is 0.324 e. The van der Waals surface area contributed by atoms with E-state index < -0.39 is 41.3 Å². The lowest BCUT2D eigenvalue weighted by atomic mass is 9.84. The molecule has 0 radical (unpaired) electrons. The maximum absolute atomic E-state index is 14.7. The van der Waals surface area contributed by atoms with E-state index in [2.05, 4.69) is 79.5 Å². The summed E-state index contributed by atoms with van der Waals surface area (Å²) >= 11 is 1.42. The van der Waals surface area contributed by atoms with E-state index in [9.17, 15) is 24.0 Å². The first-order valence-corrected chi connectivity index (χ1v) is 24.6. The molecule has 3 aromatic heterocycles. The molecule has 4 aliphatic rings. The van der Waals surface area contributed by atoms with E-state index in [-0.39, 0.29) is 42.8 Å². The Bertz CT molecular complexity index is 2480. The van der Waals surface area contributed by atoms with E-state index in [1.807, 2.05) is 31.5 Å². The van der Waals surface area contributed by atoms with Crippen LogP contribution in [0.25, 0.3) is 33.4 Å². The molecule has 1 aromatic carbocycles. The number of hydrogen-bond acceptors (Lipinski definition) is 11. The van der Waals surface area contributed by atoms with Crippen LogP contribution in [0.2, 0.25) is 0 Å². The van der Waals surface area contributed by atoms with Crippen LogP contribution in [-0.2, 0) is 43.3 Å². The number of hydrazine groups is 1. The van der Waals surface area contributed by atoms with Crippen molar-refractivity contribution in [2.24, 2.45) is 11.3 Å². The number of nitrogens with one attached hydrogen (secondary N) is 3. The summed E-state index contributed by atoms with van der Waals surface area (Å²) in [6.07, 6.45) is 4.22. The van der Waals surface area contributed by atoms with Gasteiger partial charge >= 0.3 is 12.0 Å². The number of thiazole rings is 1. The number of carbonyl (C=O) groups excluding carboxylic acids is 5. The molecule has 0 spiro atoms. The Morgan fingerprint density at radius 3 is 2.52 bits per heavy atom. The van der Waals surface area contributed by atoms with Gasteiger partial charge in [-0.2, -0.15) is 0 Å². The van der Waals surface area contributed by atoms with Gasteiger partial charge in [0.25, 0.3) is 5.91 Å². The molecule has 16 nitrogen and oxygen atoms in total. The number of cyclic esters (lactones) is 1. The van der Waals surface area contributed by atoms with E-state index in [0.717, 1.165) is 51.2 Å². The van der Waals surface area contributed by atoms with Crippen LogP contribution in [0, 0.1) is 11.3 Å². The van der Waals surface area contributed by atoms with E-state index in [1.165, 1.54) is 21.2 Å². The number of nitrogens with zero attached hydrogens (tertiary/aromatic N) is 7. The van der Waals surface area contributed by atoms with Crippen molar-refractivity contribution in [1.29, 1.82) is 0 Å². The number of amides is 5. The third-order valence-electron chi connectivity index (χ3n) is 13.4. The molecule has 0 saturated carbocycles. The third kappa shape index (κ3) is 9.84. The Balaban J connectivity index is 1.12. The summed E-state index contributed by atoms with van der Waals surface area (Å²) in [4.78, 5) is 84.9. The minimum absolute atomic E-state index is 0.0575. The molecule has 3 saturated heterocycles. The number of likely N-dealkylation sites (N-methyl/N-ethyl adjacent to an activating group) is 1. The number of pyridine rings is 1. The van der Waals surface area contributed by atoms with Crippen molar-refractivity contribution in [2.75, 3.05) is 52.9 Å². The Morgan fingerprint density at radius 2 is 1.79 bits per heavy atom. The number of esters is 1. The molecule has 3 fully saturated rings. The minimum Gasteiger partial charge on any atom is -0.464 e. The average molecular weight is 923 g/mol. The summed E-state index contributed by atoms with van der Waals surface area (Å²) in [6.45, 7) is 18.2. The standard InChI is InChI=1S/C49H66N10O6S/c1-9-58-39-16-15-31-23-33(39)34(43(58)32-13-10-17-50-41(32)29(2)3)25-49(6,7)28-65-47(63)35-14-11-20-59(54-35)46(62)36(24-40-52-38(31)27-66-40)53-44(60)42(30(4)5)55(8)48(64)57-19-12-18-56(21-22-57)45(61)37-26-51-37/h10,13,15-17,23,27,29-30,35-37,42,51,54H,9,11-12,14,18-22,24-26,28H2,1-8H3,(H,53,60)/t35-,36-,37+,42-/m0/s1. The van der Waals surface area contributed by atoms with Gasteiger partial charge in [0.2, 0.25) is 11.8 Å². The van der Waals surface area contributed by atoms with Gasteiger partial charge in [0.1, 0.15) is 18.1 Å². The fraction of sp³-hybridized carbons (Fsp3) is 0.571. The molecule has 354 valence electrons. The van der Waals surface area contributed by atoms with Gasteiger partial charge in [0.05, 0.1) is 34.7 Å². The van der Waals surface area contributed by atoms with Crippen LogP contribution in [0.1, 0.15) is 89.9 Å². The highest BCUT2D eigenvalue weighted by Crippen LogP contribution is 2.42. The second-order valence-corrected chi connectivity index (χ2v) is 20.7. The van der Waals surface area contributed by atoms with Gasteiger partial charge in [0.15, 0.2) is 0 Å². The number of ether oxygens (including phenoxy) is 1. The number of benzene rings is 1. The summed E-state index contributed by atoms with van der Waals surface area (Å²) in [6, 6.07) is 7.39. The Hall–Kier alpha value is -5.39. The highest BCUT2D eigenvalue weighted by atomic mass is 32.1. The number of aryl methyl sites for hydroxylation is 1. The third-order valence-corrected chi connectivity index (χ3v) is 14.2. The van der Waals surface area contributed by atoms with Gasteiger partial charge in [-0.25, -0.2) is 15.2 Å². The van der Waals surface area contributed by atoms with Gasteiger partial charge in [-0.1, -0.05) is 47.6 Å². The molecule has 4 aromatic rings. The van der Waals surface area contributed by atoms with Crippen molar-refractivity contribution >= 4 is 52.0 Å². The zero-order valence-electron chi connectivity index (χ0n) is 39.7. The van der Waals surface area contributed by atoms with Crippen LogP contribution >= 0.6 is 11.3 Å². The van der Waals surface area contributed by atoms with Crippen LogP contribution in [0.4, 0.5) is 4.79 Å². The zero-order chi connectivity index (χ0) is 47.0. The number of aromatic nitrogens is 3. The summed E-state index contributed by atoms with van der Waals surface area (Å²) in [5.41, 5.74) is 9.82. The lowest BCUT2D eigenvalue weighted by Gasteiger charge is -2.37. The van der Waals surface area contributed by atoms with Crippen LogP contribution in [-0.4, -0.2) is 141 Å². The van der Waals surface area contributed by atoms with Crippen LogP contribution in [0.5, 0.6) is 0 Å². The first-order chi connectivity index (χ1) is 31.5. The molecule has 3 N–H and O–H groups in total. The van der Waals surface area contributed by atoms with Crippen LogP contribution in [0.3, 0.4) is 0 Å². The SMILES string of the molecule is CCn1c(-c2cccnc2C(C)C)c2c3cc(ccc31)-c1csc(n1)C[C@H](NC(=O)[C@H](C(C)C)N(C)C(=O)N1CCCN(C(=O)[C@H]3CN3)CC1)C(=O)N1CCC[C@H](N1)C(=O)OCC(C)(C)C2. The number of hydrogen-bond donors (Lipinski definition) is 3. The van der Waals surface area contributed by atoms with Gasteiger partial charge in [-0.05, 0) is 74.3 Å². The molecule has 0 aliphatic carbocycles. The number of carbonyl (C=O) groups is 5. The van der Waals surface area contributed by atoms with Crippen molar-refractivity contribution in [1.82, 2.24) is 50.3 Å². The molecule has 8 rings (SSSR count). The summed E-state index contributed by atoms with van der Waals surface area (Å²) < 4.78 is 8.48. The van der Waals surface area contributed by atoms with E-state index in [0.29, 0.717) is 70.0 Å². The molecule has 5 amide bonds. The number of rotatable bonds is 8. The Morgan fingerprint density at radius 1 is 1.03 bits per heavy atom. The monoisotopic (exact) mass is 922 g/mol. The predicted octanol–water partition coefficient (Wildman–Crippen LogP) is 5.20. The maximum atomic E-state index is 14.7. The van der Waals surface area contributed by atoms with E-state index >= 15 is 0 Å². The highest BCUT2D eigenvalue weighted by molar-refractivity contribution is 7.10. The van der Waals surface area contributed by atoms with Crippen LogP contribution in [0.15, 0.2) is 41.9 Å². The molecular weight excluding hydrogens is 857 g/mol. The second-order valence-electron chi connectivity index (χ2n) is 19.8. The first kappa shape index (κ1) is 47.1. The average Bonchev–Trinajstić information content (AvgIpc) is 4.04. The fourth-order valence-electron chi connectivity index (χ4n) is 9.90. The minimum atomic E-state index is -1.07. The van der Waals surface area contributed by atoms with Gasteiger partial charge in [0, 0.05) is 98.3 Å². The van der Waals surface area contributed by atoms with Crippen molar-refractivity contribution in [3.63, 3.8) is 0 Å². The summed E-state index contributed by atoms with van der Waals surface area (Å²) in [5.74, 6) is -1.37. The second kappa shape index (κ2) is 19.4. The van der Waals surface area contributed by atoms with Gasteiger partial charge < -0.3 is 34.6 Å². The molecule has 0 unspecified atom stereocenters. The van der Waals surface area contributed by atoms with Crippen molar-refractivity contribution < 1.29 is 28.7 Å². The first-order valence-electron chi connectivity index (χ1n) is 23.7. The lowest BCUT2D eigenvalue weighted by Crippen LogP contribution is -2.62. The normalized spacial score (nSPS) is 21.9. The van der Waals surface area contributed by atoms with Crippen molar-refractivity contribution in [2.45, 2.75) is 117 Å². The largest absolute Gasteiger partial charge is 0.464 e. The summed E-state index contributed by atoms with van der Waals surface area (Å²) in [5, 5.41) is 11.3. The van der Waals surface area contributed by atoms with E-state index in [4.69, 9.17) is 14.7 Å². The highest BCUT2D eigenvalue weighted by Gasteiger charge is 2.40. The molecule has 4 aliphatic heterocycles. The molecule has 17 heteroatoms. The fourth-order valence-corrected chi connectivity index (χ4v) is 10.7.